The van der Waals surface area contributed by atoms with Crippen molar-refractivity contribution in [1.29, 1.82) is 5.26 Å². The van der Waals surface area contributed by atoms with E-state index in [1.807, 2.05) is 19.1 Å². The summed E-state index contributed by atoms with van der Waals surface area (Å²) in [5.74, 6) is 3.75. The smallest absolute Gasteiger partial charge is 0.269 e. The summed E-state index contributed by atoms with van der Waals surface area (Å²) in [7, 11) is 0. The fourth-order valence-corrected chi connectivity index (χ4v) is 5.65. The Kier molecular flexibility index (Phi) is 5.19. The number of ether oxygens (including phenoxy) is 1. The van der Waals surface area contributed by atoms with Crippen molar-refractivity contribution in [1.82, 2.24) is 4.90 Å². The maximum absolute atomic E-state index is 9.13. The molecule has 0 aromatic carbocycles. The van der Waals surface area contributed by atoms with E-state index in [4.69, 9.17) is 16.6 Å². The van der Waals surface area contributed by atoms with E-state index in [1.165, 1.54) is 51.6 Å². The van der Waals surface area contributed by atoms with Crippen LogP contribution in [0.25, 0.3) is 4.85 Å². The molecular weight excluding hydrogens is 334 g/mol. The lowest BCUT2D eigenvalue weighted by Crippen LogP contribution is -2.55. The van der Waals surface area contributed by atoms with Crippen molar-refractivity contribution in [2.24, 2.45) is 17.8 Å². The van der Waals surface area contributed by atoms with Gasteiger partial charge in [0.25, 0.3) is 5.70 Å². The minimum absolute atomic E-state index is 0.119. The van der Waals surface area contributed by atoms with E-state index in [9.17, 15) is 0 Å². The Labute approximate surface area is 162 Å². The van der Waals surface area contributed by atoms with Gasteiger partial charge in [-0.3, -0.25) is 4.90 Å². The number of piperidine rings is 2. The topological polar surface area (TPSA) is 40.6 Å². The lowest BCUT2D eigenvalue weighted by atomic mass is 9.65. The summed E-state index contributed by atoms with van der Waals surface area (Å²) in [4.78, 5) is 6.10. The molecule has 3 aliphatic heterocycles. The zero-order chi connectivity index (χ0) is 18.8. The van der Waals surface area contributed by atoms with Gasteiger partial charge in [-0.1, -0.05) is 6.08 Å². The van der Waals surface area contributed by atoms with E-state index >= 15 is 0 Å². The van der Waals surface area contributed by atoms with Gasteiger partial charge in [-0.25, -0.2) is 10.1 Å². The van der Waals surface area contributed by atoms with Gasteiger partial charge < -0.3 is 4.74 Å². The molecule has 4 nitrogen and oxygen atoms in total. The molecule has 4 aliphatic rings. The van der Waals surface area contributed by atoms with Crippen LogP contribution in [0.15, 0.2) is 47.1 Å². The van der Waals surface area contributed by atoms with Crippen LogP contribution in [0.3, 0.4) is 0 Å². The molecule has 2 saturated heterocycles. The molecule has 2 atom stereocenters. The first-order chi connectivity index (χ1) is 13.2. The maximum Gasteiger partial charge on any atom is 0.269 e. The summed E-state index contributed by atoms with van der Waals surface area (Å²) in [5.41, 5.74) is 0.767. The highest BCUT2D eigenvalue weighted by Gasteiger charge is 2.43. The molecule has 0 N–H and O–H groups in total. The normalized spacial score (nSPS) is 35.2. The Morgan fingerprint density at radius 3 is 2.59 bits per heavy atom. The number of hydrogen-bond donors (Lipinski definition) is 0. The molecule has 0 aromatic heterocycles. The zero-order valence-corrected chi connectivity index (χ0v) is 16.0. The van der Waals surface area contributed by atoms with Crippen molar-refractivity contribution in [2.75, 3.05) is 13.1 Å². The van der Waals surface area contributed by atoms with E-state index < -0.39 is 0 Å². The maximum atomic E-state index is 9.13. The van der Waals surface area contributed by atoms with Crippen LogP contribution in [0.5, 0.6) is 0 Å². The highest BCUT2D eigenvalue weighted by atomic mass is 16.5. The van der Waals surface area contributed by atoms with Crippen molar-refractivity contribution in [3.8, 4) is 6.07 Å². The van der Waals surface area contributed by atoms with Crippen molar-refractivity contribution in [3.63, 3.8) is 0 Å². The molecule has 0 aromatic rings. The van der Waals surface area contributed by atoms with Crippen LogP contribution in [-0.4, -0.2) is 24.0 Å². The van der Waals surface area contributed by atoms with E-state index in [0.29, 0.717) is 11.5 Å². The van der Waals surface area contributed by atoms with Crippen LogP contribution in [0.1, 0.15) is 45.4 Å². The van der Waals surface area contributed by atoms with Gasteiger partial charge in [-0.05, 0) is 100 Å². The number of rotatable bonds is 2. The van der Waals surface area contributed by atoms with Crippen LogP contribution in [0, 0.1) is 35.7 Å². The predicted octanol–water partition coefficient (Wildman–Crippen LogP) is 4.96. The molecule has 0 radical (unpaired) electrons. The molecule has 3 heterocycles. The lowest BCUT2D eigenvalue weighted by Gasteiger charge is -2.53. The average molecular weight is 361 g/mol. The summed E-state index contributed by atoms with van der Waals surface area (Å²) >= 11 is 0. The quantitative estimate of drug-likeness (QED) is 0.516. The van der Waals surface area contributed by atoms with Gasteiger partial charge in [0, 0.05) is 6.04 Å². The van der Waals surface area contributed by atoms with Crippen LogP contribution < -0.4 is 0 Å². The summed E-state index contributed by atoms with van der Waals surface area (Å²) < 4.78 is 5.82. The lowest BCUT2D eigenvalue weighted by molar-refractivity contribution is -0.0222. The first-order valence-electron chi connectivity index (χ1n) is 10.2. The van der Waals surface area contributed by atoms with E-state index in [2.05, 4.69) is 21.9 Å². The highest BCUT2D eigenvalue weighted by molar-refractivity contribution is 5.49. The molecule has 1 saturated carbocycles. The minimum atomic E-state index is 0.119. The summed E-state index contributed by atoms with van der Waals surface area (Å²) in [6.45, 7) is 11.6. The fraction of sp³-hybridized carbons (Fsp3) is 0.565. The number of nitriles is 1. The average Bonchev–Trinajstić information content (AvgIpc) is 2.67. The molecule has 2 unspecified atom stereocenters. The predicted molar refractivity (Wildman–Crippen MR) is 105 cm³/mol. The Bertz CT molecular complexity index is 768. The Morgan fingerprint density at radius 2 is 1.96 bits per heavy atom. The second-order valence-corrected chi connectivity index (χ2v) is 8.35. The van der Waals surface area contributed by atoms with E-state index in [0.717, 1.165) is 29.4 Å². The summed E-state index contributed by atoms with van der Waals surface area (Å²) in [6.07, 6.45) is 16.0. The zero-order valence-electron chi connectivity index (χ0n) is 16.0. The molecule has 27 heavy (non-hydrogen) atoms. The van der Waals surface area contributed by atoms with Crippen molar-refractivity contribution in [2.45, 2.75) is 51.5 Å². The molecule has 1 aliphatic carbocycles. The van der Waals surface area contributed by atoms with Crippen molar-refractivity contribution < 1.29 is 4.74 Å². The fourth-order valence-electron chi connectivity index (χ4n) is 5.65. The molecule has 0 bridgehead atoms. The molecule has 0 spiro atoms. The van der Waals surface area contributed by atoms with Gasteiger partial charge in [-0.15, -0.1) is 0 Å². The van der Waals surface area contributed by atoms with Gasteiger partial charge in [-0.2, -0.15) is 0 Å². The van der Waals surface area contributed by atoms with Crippen LogP contribution in [0.4, 0.5) is 0 Å². The summed E-state index contributed by atoms with van der Waals surface area (Å²) in [6, 6.07) is 2.81. The van der Waals surface area contributed by atoms with Gasteiger partial charge >= 0.3 is 0 Å². The summed E-state index contributed by atoms with van der Waals surface area (Å²) in [5, 5.41) is 9.13. The molecule has 3 fully saturated rings. The van der Waals surface area contributed by atoms with Crippen molar-refractivity contribution in [3.05, 3.63) is 58.5 Å². The highest BCUT2D eigenvalue weighted by Crippen LogP contribution is 2.45. The van der Waals surface area contributed by atoms with Gasteiger partial charge in [0.15, 0.2) is 0 Å². The van der Waals surface area contributed by atoms with E-state index in [-0.39, 0.29) is 5.70 Å². The minimum Gasteiger partial charge on any atom is -0.462 e. The first-order valence-corrected chi connectivity index (χ1v) is 10.2. The number of hydrogen-bond acceptors (Lipinski definition) is 3. The van der Waals surface area contributed by atoms with Gasteiger partial charge in [0.2, 0.25) is 0 Å². The SMILES string of the molecule is [C-]#[N+]/C(C#N)=C1/C=C(C)OC(/C=C/C2CC3CCCN4CCCC(C2)C34)=C1. The molecule has 140 valence electrons. The molecule has 0 amide bonds. The van der Waals surface area contributed by atoms with Crippen LogP contribution in [-0.2, 0) is 4.74 Å². The number of allylic oxidation sites excluding steroid dienone is 7. The Balaban J connectivity index is 1.49. The largest absolute Gasteiger partial charge is 0.462 e. The second-order valence-electron chi connectivity index (χ2n) is 8.35. The first kappa shape index (κ1) is 18.1. The standard InChI is InChI=1S/C23H27N3O/c1-16-11-20(22(15-24)25-2)14-21(27-16)8-7-17-12-18-5-3-9-26-10-4-6-19(13-17)23(18)26/h7-8,11,14,17-19,23H,3-6,9-10,12-13H2,1H3/b8-7+,22-20-. The molecule has 4 heteroatoms. The molecule has 4 rings (SSSR count). The van der Waals surface area contributed by atoms with Crippen LogP contribution >= 0.6 is 0 Å². The van der Waals surface area contributed by atoms with Gasteiger partial charge in [0.05, 0.1) is 12.6 Å². The third kappa shape index (κ3) is 3.73. The van der Waals surface area contributed by atoms with Crippen molar-refractivity contribution >= 4 is 0 Å². The third-order valence-corrected chi connectivity index (χ3v) is 6.60. The third-order valence-electron chi connectivity index (χ3n) is 6.60. The monoisotopic (exact) mass is 361 g/mol. The second kappa shape index (κ2) is 7.75. The Hall–Kier alpha value is -2.30. The Morgan fingerprint density at radius 1 is 1.26 bits per heavy atom. The van der Waals surface area contributed by atoms with Gasteiger partial charge in [0.1, 0.15) is 11.5 Å². The number of nitrogens with zero attached hydrogens (tertiary/aromatic N) is 3. The van der Waals surface area contributed by atoms with E-state index in [1.54, 1.807) is 6.08 Å². The van der Waals surface area contributed by atoms with Crippen LogP contribution in [0.2, 0.25) is 0 Å². The molecular formula is C23H27N3O.